The van der Waals surface area contributed by atoms with Crippen LogP contribution in [0.5, 0.6) is 6.01 Å². The third-order valence-corrected chi connectivity index (χ3v) is 1.69. The third-order valence-electron chi connectivity index (χ3n) is 1.69. The van der Waals surface area contributed by atoms with E-state index in [9.17, 15) is 0 Å². The summed E-state index contributed by atoms with van der Waals surface area (Å²) in [7, 11) is 5.69. The SMILES string of the molecule is [CH]n1c(OCC)nc2cccnc21. The number of fused-ring (bicyclic) bond motifs is 1. The van der Waals surface area contributed by atoms with Gasteiger partial charge in [0.1, 0.15) is 5.52 Å². The fourth-order valence-corrected chi connectivity index (χ4v) is 1.14. The van der Waals surface area contributed by atoms with Crippen molar-refractivity contribution in [2.45, 2.75) is 6.92 Å². The molecule has 0 amide bonds. The minimum Gasteiger partial charge on any atom is -0.465 e. The topological polar surface area (TPSA) is 39.9 Å². The largest absolute Gasteiger partial charge is 0.465 e. The van der Waals surface area contributed by atoms with Crippen LogP contribution in [0, 0.1) is 7.05 Å². The molecule has 0 saturated carbocycles. The fraction of sp³-hybridized carbons (Fsp3) is 0.222. The van der Waals surface area contributed by atoms with Crippen molar-refractivity contribution in [3.63, 3.8) is 0 Å². The molecule has 0 fully saturated rings. The molecule has 2 rings (SSSR count). The number of imidazole rings is 1. The van der Waals surface area contributed by atoms with Gasteiger partial charge in [0.15, 0.2) is 5.65 Å². The van der Waals surface area contributed by atoms with Crippen LogP contribution in [0.25, 0.3) is 11.2 Å². The van der Waals surface area contributed by atoms with Gasteiger partial charge in [-0.2, -0.15) is 4.98 Å². The van der Waals surface area contributed by atoms with Crippen LogP contribution in [-0.4, -0.2) is 21.1 Å². The zero-order valence-corrected chi connectivity index (χ0v) is 7.27. The van der Waals surface area contributed by atoms with E-state index in [-0.39, 0.29) is 0 Å². The Bertz CT molecular complexity index is 422. The molecular weight excluding hydrogens is 166 g/mol. The van der Waals surface area contributed by atoms with Crippen molar-refractivity contribution in [3.05, 3.63) is 25.4 Å². The lowest BCUT2D eigenvalue weighted by molar-refractivity contribution is 0.308. The number of aromatic nitrogens is 3. The Morgan fingerprint density at radius 1 is 1.62 bits per heavy atom. The van der Waals surface area contributed by atoms with E-state index in [1.807, 2.05) is 19.1 Å². The standard InChI is InChI=1S/C9H9N3O/c1-3-13-9-11-7-5-4-6-10-8(7)12(9)2/h2,4-6H,3H2,1H3. The van der Waals surface area contributed by atoms with E-state index in [0.717, 1.165) is 5.52 Å². The summed E-state index contributed by atoms with van der Waals surface area (Å²) >= 11 is 0. The zero-order chi connectivity index (χ0) is 9.26. The summed E-state index contributed by atoms with van der Waals surface area (Å²) in [5, 5.41) is 0. The molecule has 2 aromatic rings. The molecule has 13 heavy (non-hydrogen) atoms. The number of hydrogen-bond acceptors (Lipinski definition) is 3. The summed E-state index contributed by atoms with van der Waals surface area (Å²) in [6.45, 7) is 2.42. The lowest BCUT2D eigenvalue weighted by Gasteiger charge is -1.99. The normalized spacial score (nSPS) is 10.6. The summed E-state index contributed by atoms with van der Waals surface area (Å²) in [5.41, 5.74) is 1.37. The van der Waals surface area contributed by atoms with Crippen LogP contribution >= 0.6 is 0 Å². The quantitative estimate of drug-likeness (QED) is 0.691. The minimum absolute atomic E-state index is 0.399. The molecule has 2 heterocycles. The molecule has 0 N–H and O–H groups in total. The van der Waals surface area contributed by atoms with E-state index >= 15 is 0 Å². The van der Waals surface area contributed by atoms with E-state index < -0.39 is 0 Å². The molecule has 0 aromatic carbocycles. The van der Waals surface area contributed by atoms with E-state index in [1.54, 1.807) is 6.20 Å². The Hall–Kier alpha value is -1.58. The average Bonchev–Trinajstić information content (AvgIpc) is 2.46. The maximum atomic E-state index is 5.69. The van der Waals surface area contributed by atoms with Gasteiger partial charge in [0.05, 0.1) is 13.7 Å². The molecule has 0 spiro atoms. The average molecular weight is 175 g/mol. The molecule has 0 aliphatic carbocycles. The van der Waals surface area contributed by atoms with Crippen LogP contribution < -0.4 is 4.74 Å². The molecule has 2 radical (unpaired) electrons. The van der Waals surface area contributed by atoms with Crippen LogP contribution in [0.1, 0.15) is 6.92 Å². The van der Waals surface area contributed by atoms with Gasteiger partial charge in [-0.25, -0.2) is 4.98 Å². The molecule has 2 aromatic heterocycles. The smallest absolute Gasteiger partial charge is 0.298 e. The molecule has 0 aliphatic rings. The Kier molecular flexibility index (Phi) is 1.88. The number of ether oxygens (including phenoxy) is 1. The van der Waals surface area contributed by atoms with Crippen LogP contribution in [0.4, 0.5) is 0 Å². The van der Waals surface area contributed by atoms with Crippen molar-refractivity contribution in [1.29, 1.82) is 0 Å². The predicted molar refractivity (Wildman–Crippen MR) is 48.4 cm³/mol. The molecule has 0 unspecified atom stereocenters. The van der Waals surface area contributed by atoms with Gasteiger partial charge < -0.3 is 4.74 Å². The molecule has 0 saturated heterocycles. The Balaban J connectivity index is 2.60. The highest BCUT2D eigenvalue weighted by molar-refractivity contribution is 5.72. The highest BCUT2D eigenvalue weighted by Gasteiger charge is 2.07. The first-order valence-electron chi connectivity index (χ1n) is 4.04. The molecule has 4 nitrogen and oxygen atoms in total. The van der Waals surface area contributed by atoms with Gasteiger partial charge in [0.2, 0.25) is 0 Å². The van der Waals surface area contributed by atoms with Crippen LogP contribution in [0.3, 0.4) is 0 Å². The van der Waals surface area contributed by atoms with Crippen molar-refractivity contribution in [3.8, 4) is 6.01 Å². The summed E-state index contributed by atoms with van der Waals surface area (Å²) in [4.78, 5) is 8.23. The van der Waals surface area contributed by atoms with Crippen LogP contribution in [0.15, 0.2) is 18.3 Å². The first kappa shape index (κ1) is 8.04. The lowest BCUT2D eigenvalue weighted by atomic mass is 10.4. The molecule has 4 heteroatoms. The van der Waals surface area contributed by atoms with Gasteiger partial charge in [0.25, 0.3) is 6.01 Å². The second-order valence-corrected chi connectivity index (χ2v) is 2.54. The summed E-state index contributed by atoms with van der Waals surface area (Å²) in [6.07, 6.45) is 1.67. The second-order valence-electron chi connectivity index (χ2n) is 2.54. The number of nitrogens with zero attached hydrogens (tertiary/aromatic N) is 3. The van der Waals surface area contributed by atoms with E-state index in [1.165, 1.54) is 4.57 Å². The Morgan fingerprint density at radius 3 is 3.15 bits per heavy atom. The zero-order valence-electron chi connectivity index (χ0n) is 7.27. The van der Waals surface area contributed by atoms with Gasteiger partial charge in [-0.15, -0.1) is 0 Å². The number of rotatable bonds is 2. The Morgan fingerprint density at radius 2 is 2.46 bits per heavy atom. The van der Waals surface area contributed by atoms with E-state index in [4.69, 9.17) is 11.8 Å². The first-order valence-corrected chi connectivity index (χ1v) is 4.04. The molecule has 66 valence electrons. The second kappa shape index (κ2) is 3.05. The molecule has 0 aliphatic heterocycles. The first-order chi connectivity index (χ1) is 6.33. The lowest BCUT2D eigenvalue weighted by Crippen LogP contribution is -1.98. The van der Waals surface area contributed by atoms with E-state index in [0.29, 0.717) is 18.3 Å². The van der Waals surface area contributed by atoms with Gasteiger partial charge >= 0.3 is 0 Å². The van der Waals surface area contributed by atoms with E-state index in [2.05, 4.69) is 9.97 Å². The monoisotopic (exact) mass is 175 g/mol. The van der Waals surface area contributed by atoms with Crippen molar-refractivity contribution in [2.75, 3.05) is 6.61 Å². The summed E-state index contributed by atoms with van der Waals surface area (Å²) in [6, 6.07) is 4.05. The predicted octanol–water partition coefficient (Wildman–Crippen LogP) is 1.35. The highest BCUT2D eigenvalue weighted by atomic mass is 16.5. The Labute approximate surface area is 76.2 Å². The third kappa shape index (κ3) is 1.24. The minimum atomic E-state index is 0.399. The molecule has 0 bridgehead atoms. The van der Waals surface area contributed by atoms with Crippen molar-refractivity contribution < 1.29 is 4.74 Å². The summed E-state index contributed by atoms with van der Waals surface area (Å²) < 4.78 is 6.55. The van der Waals surface area contributed by atoms with Crippen LogP contribution in [-0.2, 0) is 0 Å². The fourth-order valence-electron chi connectivity index (χ4n) is 1.14. The van der Waals surface area contributed by atoms with Crippen molar-refractivity contribution in [1.82, 2.24) is 14.5 Å². The van der Waals surface area contributed by atoms with Gasteiger partial charge in [-0.1, -0.05) is 0 Å². The van der Waals surface area contributed by atoms with Crippen LogP contribution in [0.2, 0.25) is 0 Å². The highest BCUT2D eigenvalue weighted by Crippen LogP contribution is 2.17. The summed E-state index contributed by atoms with van der Waals surface area (Å²) in [5.74, 6) is 0. The van der Waals surface area contributed by atoms with Crippen molar-refractivity contribution in [2.24, 2.45) is 0 Å². The molecular formula is C9H9N3O. The van der Waals surface area contributed by atoms with Gasteiger partial charge in [-0.3, -0.25) is 4.57 Å². The van der Waals surface area contributed by atoms with Gasteiger partial charge in [-0.05, 0) is 19.1 Å². The number of pyridine rings is 1. The maximum Gasteiger partial charge on any atom is 0.298 e. The van der Waals surface area contributed by atoms with Gasteiger partial charge in [0, 0.05) is 6.20 Å². The molecule has 0 atom stereocenters. The number of hydrogen-bond donors (Lipinski definition) is 0. The maximum absolute atomic E-state index is 5.69. The van der Waals surface area contributed by atoms with Crippen molar-refractivity contribution >= 4 is 11.2 Å².